The first kappa shape index (κ1) is 15.0. The Hall–Kier alpha value is -2.04. The van der Waals surface area contributed by atoms with Crippen LogP contribution in [0.25, 0.3) is 0 Å². The van der Waals surface area contributed by atoms with Gasteiger partial charge in [-0.05, 0) is 24.1 Å². The molecule has 0 atom stereocenters. The number of benzene rings is 1. The standard InChI is InChI=1S/C14H20N2O3/c1-3-4-8-15-13(17)14(18)16-10-11-6-5-7-12(9-11)19-2/h5-7,9H,3-4,8,10H2,1-2H3,(H,15,17)(H,16,18). The molecule has 0 saturated heterocycles. The number of carbonyl (C=O) groups excluding carboxylic acids is 2. The number of nitrogens with one attached hydrogen (secondary N) is 2. The van der Waals surface area contributed by atoms with E-state index in [1.807, 2.05) is 31.2 Å². The van der Waals surface area contributed by atoms with Crippen LogP contribution in [0.3, 0.4) is 0 Å². The molecular weight excluding hydrogens is 244 g/mol. The fourth-order valence-corrected chi connectivity index (χ4v) is 1.50. The van der Waals surface area contributed by atoms with Crippen LogP contribution in [0.1, 0.15) is 25.3 Å². The molecule has 0 bridgehead atoms. The third-order valence-electron chi connectivity index (χ3n) is 2.61. The van der Waals surface area contributed by atoms with Crippen molar-refractivity contribution in [1.82, 2.24) is 10.6 Å². The maximum Gasteiger partial charge on any atom is 0.309 e. The molecule has 0 fully saturated rings. The molecule has 2 amide bonds. The minimum Gasteiger partial charge on any atom is -0.497 e. The first-order valence-electron chi connectivity index (χ1n) is 6.36. The maximum absolute atomic E-state index is 11.5. The maximum atomic E-state index is 11.5. The lowest BCUT2D eigenvalue weighted by Gasteiger charge is -2.07. The monoisotopic (exact) mass is 264 g/mol. The summed E-state index contributed by atoms with van der Waals surface area (Å²) in [6, 6.07) is 7.33. The highest BCUT2D eigenvalue weighted by molar-refractivity contribution is 6.35. The fourth-order valence-electron chi connectivity index (χ4n) is 1.50. The molecule has 0 heterocycles. The van der Waals surface area contributed by atoms with Crippen LogP contribution in [0.2, 0.25) is 0 Å². The lowest BCUT2D eigenvalue weighted by molar-refractivity contribution is -0.139. The van der Waals surface area contributed by atoms with Crippen molar-refractivity contribution in [3.05, 3.63) is 29.8 Å². The van der Waals surface area contributed by atoms with Crippen LogP contribution in [0.5, 0.6) is 5.75 Å². The Kier molecular flexibility index (Phi) is 6.43. The van der Waals surface area contributed by atoms with Gasteiger partial charge in [0.2, 0.25) is 0 Å². The van der Waals surface area contributed by atoms with Crippen molar-refractivity contribution < 1.29 is 14.3 Å². The Labute approximate surface area is 113 Å². The summed E-state index contributed by atoms with van der Waals surface area (Å²) < 4.78 is 5.08. The summed E-state index contributed by atoms with van der Waals surface area (Å²) in [7, 11) is 1.58. The summed E-state index contributed by atoms with van der Waals surface area (Å²) in [6.07, 6.45) is 1.85. The molecule has 0 aliphatic carbocycles. The summed E-state index contributed by atoms with van der Waals surface area (Å²) in [4.78, 5) is 22.9. The number of hydrogen-bond donors (Lipinski definition) is 2. The quantitative estimate of drug-likeness (QED) is 0.600. The highest BCUT2D eigenvalue weighted by Crippen LogP contribution is 2.11. The van der Waals surface area contributed by atoms with E-state index in [1.54, 1.807) is 7.11 Å². The van der Waals surface area contributed by atoms with Crippen LogP contribution in [0.4, 0.5) is 0 Å². The zero-order valence-corrected chi connectivity index (χ0v) is 11.4. The third-order valence-corrected chi connectivity index (χ3v) is 2.61. The van der Waals surface area contributed by atoms with E-state index in [4.69, 9.17) is 4.74 Å². The van der Waals surface area contributed by atoms with Crippen LogP contribution >= 0.6 is 0 Å². The van der Waals surface area contributed by atoms with E-state index >= 15 is 0 Å². The van der Waals surface area contributed by atoms with E-state index < -0.39 is 11.8 Å². The molecule has 0 spiro atoms. The number of ether oxygens (including phenoxy) is 1. The number of rotatable bonds is 6. The van der Waals surface area contributed by atoms with E-state index in [9.17, 15) is 9.59 Å². The Bertz CT molecular complexity index is 432. The van der Waals surface area contributed by atoms with Gasteiger partial charge in [0.25, 0.3) is 0 Å². The summed E-state index contributed by atoms with van der Waals surface area (Å²) in [6.45, 7) is 2.86. The third kappa shape index (κ3) is 5.42. The van der Waals surface area contributed by atoms with Crippen molar-refractivity contribution in [1.29, 1.82) is 0 Å². The van der Waals surface area contributed by atoms with E-state index in [2.05, 4.69) is 10.6 Å². The van der Waals surface area contributed by atoms with Crippen molar-refractivity contribution in [2.75, 3.05) is 13.7 Å². The number of amides is 2. The van der Waals surface area contributed by atoms with Gasteiger partial charge in [0.1, 0.15) is 5.75 Å². The van der Waals surface area contributed by atoms with Crippen LogP contribution in [-0.4, -0.2) is 25.5 Å². The van der Waals surface area contributed by atoms with Crippen LogP contribution in [0, 0.1) is 0 Å². The smallest absolute Gasteiger partial charge is 0.309 e. The molecule has 19 heavy (non-hydrogen) atoms. The van der Waals surface area contributed by atoms with Gasteiger partial charge in [-0.2, -0.15) is 0 Å². The molecule has 0 aromatic heterocycles. The lowest BCUT2D eigenvalue weighted by atomic mass is 10.2. The van der Waals surface area contributed by atoms with Crippen molar-refractivity contribution in [3.63, 3.8) is 0 Å². The molecule has 5 heteroatoms. The lowest BCUT2D eigenvalue weighted by Crippen LogP contribution is -2.39. The molecule has 104 valence electrons. The second-order valence-electron chi connectivity index (χ2n) is 4.14. The van der Waals surface area contributed by atoms with Crippen LogP contribution in [0.15, 0.2) is 24.3 Å². The molecule has 0 unspecified atom stereocenters. The minimum atomic E-state index is -0.612. The molecule has 0 radical (unpaired) electrons. The van der Waals surface area contributed by atoms with Gasteiger partial charge in [-0.1, -0.05) is 25.5 Å². The predicted octanol–water partition coefficient (Wildman–Crippen LogP) is 1.23. The molecule has 1 aromatic rings. The van der Waals surface area contributed by atoms with Gasteiger partial charge in [-0.25, -0.2) is 0 Å². The summed E-state index contributed by atoms with van der Waals surface area (Å²) in [5.41, 5.74) is 0.883. The highest BCUT2D eigenvalue weighted by Gasteiger charge is 2.11. The van der Waals surface area contributed by atoms with E-state index in [-0.39, 0.29) is 0 Å². The van der Waals surface area contributed by atoms with Gasteiger partial charge in [0.05, 0.1) is 7.11 Å². The average Bonchev–Trinajstić information content (AvgIpc) is 2.45. The molecule has 5 nitrogen and oxygen atoms in total. The molecule has 2 N–H and O–H groups in total. The summed E-state index contributed by atoms with van der Waals surface area (Å²) in [5.74, 6) is -0.477. The van der Waals surface area contributed by atoms with Crippen molar-refractivity contribution in [3.8, 4) is 5.75 Å². The number of methoxy groups -OCH3 is 1. The molecular formula is C14H20N2O3. The SMILES string of the molecule is CCCCNC(=O)C(=O)NCc1cccc(OC)c1. The van der Waals surface area contributed by atoms with Crippen LogP contribution in [-0.2, 0) is 16.1 Å². The Morgan fingerprint density at radius 1 is 1.21 bits per heavy atom. The Morgan fingerprint density at radius 2 is 1.95 bits per heavy atom. The van der Waals surface area contributed by atoms with Crippen molar-refractivity contribution in [2.45, 2.75) is 26.3 Å². The topological polar surface area (TPSA) is 67.4 Å². The van der Waals surface area contributed by atoms with Crippen molar-refractivity contribution in [2.24, 2.45) is 0 Å². The normalized spacial score (nSPS) is 9.79. The first-order valence-corrected chi connectivity index (χ1v) is 6.36. The number of hydrogen-bond acceptors (Lipinski definition) is 3. The zero-order chi connectivity index (χ0) is 14.1. The summed E-state index contributed by atoms with van der Waals surface area (Å²) in [5, 5.41) is 5.14. The van der Waals surface area contributed by atoms with Crippen molar-refractivity contribution >= 4 is 11.8 Å². The number of unbranched alkanes of at least 4 members (excludes halogenated alkanes) is 1. The fraction of sp³-hybridized carbons (Fsp3) is 0.429. The predicted molar refractivity (Wildman–Crippen MR) is 72.8 cm³/mol. The average molecular weight is 264 g/mol. The largest absolute Gasteiger partial charge is 0.497 e. The molecule has 0 aliphatic rings. The minimum absolute atomic E-state index is 0.303. The molecule has 0 aliphatic heterocycles. The molecule has 0 saturated carbocycles. The second kappa shape index (κ2) is 8.13. The van der Waals surface area contributed by atoms with Gasteiger partial charge in [-0.3, -0.25) is 9.59 Å². The second-order valence-corrected chi connectivity index (χ2v) is 4.14. The highest BCUT2D eigenvalue weighted by atomic mass is 16.5. The molecule has 1 aromatic carbocycles. The van der Waals surface area contributed by atoms with Gasteiger partial charge in [0.15, 0.2) is 0 Å². The van der Waals surface area contributed by atoms with E-state index in [0.717, 1.165) is 24.2 Å². The van der Waals surface area contributed by atoms with E-state index in [0.29, 0.717) is 13.1 Å². The van der Waals surface area contributed by atoms with Gasteiger partial charge < -0.3 is 15.4 Å². The van der Waals surface area contributed by atoms with Gasteiger partial charge >= 0.3 is 11.8 Å². The molecule has 1 rings (SSSR count). The Morgan fingerprint density at radius 3 is 2.63 bits per heavy atom. The number of carbonyl (C=O) groups is 2. The van der Waals surface area contributed by atoms with Gasteiger partial charge in [0, 0.05) is 13.1 Å². The summed E-state index contributed by atoms with van der Waals surface area (Å²) >= 11 is 0. The first-order chi connectivity index (χ1) is 9.17. The van der Waals surface area contributed by atoms with Crippen LogP contribution < -0.4 is 15.4 Å². The van der Waals surface area contributed by atoms with E-state index in [1.165, 1.54) is 0 Å². The van der Waals surface area contributed by atoms with Gasteiger partial charge in [-0.15, -0.1) is 0 Å². The Balaban J connectivity index is 2.38. The zero-order valence-electron chi connectivity index (χ0n) is 11.4.